The minimum Gasteiger partial charge on any atom is -0.205 e. The van der Waals surface area contributed by atoms with Crippen molar-refractivity contribution in [1.29, 1.82) is 0 Å². The molecule has 2 aromatic rings. The third-order valence-electron chi connectivity index (χ3n) is 2.55. The van der Waals surface area contributed by atoms with Crippen LogP contribution in [0.3, 0.4) is 0 Å². The Bertz CT molecular complexity index is 445. The third kappa shape index (κ3) is 2.61. The second kappa shape index (κ2) is 5.13. The zero-order chi connectivity index (χ0) is 11.4. The quantitative estimate of drug-likeness (QED) is 0.711. The molecule has 2 rings (SSSR count). The first kappa shape index (κ1) is 11.2. The molecule has 2 heteroatoms. The summed E-state index contributed by atoms with van der Waals surface area (Å²) in [4.78, 5) is 0. The van der Waals surface area contributed by atoms with E-state index in [1.54, 1.807) is 0 Å². The molecule has 16 heavy (non-hydrogen) atoms. The molecule has 0 saturated heterocycles. The number of aromatic nitrogens is 1. The van der Waals surface area contributed by atoms with E-state index in [1.807, 2.05) is 24.3 Å². The molecule has 0 fully saturated rings. The van der Waals surface area contributed by atoms with Crippen LogP contribution in [0.15, 0.2) is 48.8 Å². The van der Waals surface area contributed by atoms with Gasteiger partial charge in [0.1, 0.15) is 6.54 Å². The lowest BCUT2D eigenvalue weighted by Gasteiger charge is -2.00. The van der Waals surface area contributed by atoms with Crippen LogP contribution in [0, 0.1) is 0 Å². The van der Waals surface area contributed by atoms with Gasteiger partial charge in [0.05, 0.1) is 0 Å². The van der Waals surface area contributed by atoms with Crippen molar-refractivity contribution in [2.24, 2.45) is 0 Å². The smallest absolute Gasteiger partial charge is 0.169 e. The highest BCUT2D eigenvalue weighted by molar-refractivity contribution is 6.30. The number of halogens is 1. The second-order valence-corrected chi connectivity index (χ2v) is 4.27. The van der Waals surface area contributed by atoms with Crippen molar-refractivity contribution in [2.75, 3.05) is 0 Å². The number of pyridine rings is 1. The number of benzene rings is 1. The summed E-state index contributed by atoms with van der Waals surface area (Å²) in [6, 6.07) is 12.2. The first-order chi connectivity index (χ1) is 7.79. The SMILES string of the molecule is CCC[n+]1ccc(-c2ccc(Cl)cc2)cc1. The summed E-state index contributed by atoms with van der Waals surface area (Å²) in [5, 5.41) is 0.778. The highest BCUT2D eigenvalue weighted by Gasteiger charge is 2.01. The van der Waals surface area contributed by atoms with Crippen molar-refractivity contribution < 1.29 is 4.57 Å². The molecule has 0 aliphatic heterocycles. The average molecular weight is 233 g/mol. The van der Waals surface area contributed by atoms with E-state index in [9.17, 15) is 0 Å². The fourth-order valence-corrected chi connectivity index (χ4v) is 1.83. The minimum atomic E-state index is 0.778. The van der Waals surface area contributed by atoms with E-state index in [0.29, 0.717) is 0 Å². The molecule has 0 amide bonds. The highest BCUT2D eigenvalue weighted by Crippen LogP contribution is 2.19. The van der Waals surface area contributed by atoms with Gasteiger partial charge in [0.15, 0.2) is 12.4 Å². The summed E-state index contributed by atoms with van der Waals surface area (Å²) >= 11 is 5.86. The largest absolute Gasteiger partial charge is 0.205 e. The van der Waals surface area contributed by atoms with Crippen LogP contribution in [0.2, 0.25) is 5.02 Å². The summed E-state index contributed by atoms with van der Waals surface area (Å²) in [7, 11) is 0. The van der Waals surface area contributed by atoms with E-state index in [1.165, 1.54) is 11.1 Å². The lowest BCUT2D eigenvalue weighted by Crippen LogP contribution is -2.31. The van der Waals surface area contributed by atoms with Crippen LogP contribution in [0.1, 0.15) is 13.3 Å². The zero-order valence-corrected chi connectivity index (χ0v) is 10.1. The molecular formula is C14H15ClN+. The van der Waals surface area contributed by atoms with Gasteiger partial charge in [-0.25, -0.2) is 4.57 Å². The van der Waals surface area contributed by atoms with Crippen molar-refractivity contribution in [3.05, 3.63) is 53.8 Å². The molecule has 1 nitrogen and oxygen atoms in total. The van der Waals surface area contributed by atoms with Gasteiger partial charge >= 0.3 is 0 Å². The third-order valence-corrected chi connectivity index (χ3v) is 2.80. The molecule has 0 N–H and O–H groups in total. The molecule has 0 bridgehead atoms. The number of hydrogen-bond donors (Lipinski definition) is 0. The number of rotatable bonds is 3. The van der Waals surface area contributed by atoms with Crippen LogP contribution in [-0.2, 0) is 6.54 Å². The number of aryl methyl sites for hydroxylation is 1. The Morgan fingerprint density at radius 3 is 2.06 bits per heavy atom. The lowest BCUT2D eigenvalue weighted by atomic mass is 10.1. The summed E-state index contributed by atoms with van der Waals surface area (Å²) in [5.41, 5.74) is 2.43. The van der Waals surface area contributed by atoms with E-state index < -0.39 is 0 Å². The summed E-state index contributed by atoms with van der Waals surface area (Å²) in [6.07, 6.45) is 5.39. The second-order valence-electron chi connectivity index (χ2n) is 3.83. The highest BCUT2D eigenvalue weighted by atomic mass is 35.5. The van der Waals surface area contributed by atoms with Crippen molar-refractivity contribution in [3.8, 4) is 11.1 Å². The van der Waals surface area contributed by atoms with E-state index >= 15 is 0 Å². The average Bonchev–Trinajstić information content (AvgIpc) is 2.32. The Labute approximate surface area is 101 Å². The van der Waals surface area contributed by atoms with E-state index in [-0.39, 0.29) is 0 Å². The van der Waals surface area contributed by atoms with Crippen molar-refractivity contribution in [1.82, 2.24) is 0 Å². The Balaban J connectivity index is 2.24. The Hall–Kier alpha value is -1.34. The molecule has 0 saturated carbocycles. The van der Waals surface area contributed by atoms with E-state index in [2.05, 4.69) is 36.0 Å². The maximum Gasteiger partial charge on any atom is 0.169 e. The van der Waals surface area contributed by atoms with Crippen LogP contribution in [0.25, 0.3) is 11.1 Å². The molecule has 0 aliphatic rings. The number of hydrogen-bond acceptors (Lipinski definition) is 0. The molecule has 0 radical (unpaired) electrons. The van der Waals surface area contributed by atoms with Gasteiger partial charge in [0.2, 0.25) is 0 Å². The van der Waals surface area contributed by atoms with Crippen LogP contribution in [0.4, 0.5) is 0 Å². The van der Waals surface area contributed by atoms with Crippen LogP contribution in [-0.4, -0.2) is 0 Å². The summed E-state index contributed by atoms with van der Waals surface area (Å²) < 4.78 is 2.19. The van der Waals surface area contributed by atoms with Crippen molar-refractivity contribution >= 4 is 11.6 Å². The monoisotopic (exact) mass is 232 g/mol. The number of nitrogens with zero attached hydrogens (tertiary/aromatic N) is 1. The predicted molar refractivity (Wildman–Crippen MR) is 67.4 cm³/mol. The Morgan fingerprint density at radius 1 is 0.938 bits per heavy atom. The van der Waals surface area contributed by atoms with Crippen LogP contribution >= 0.6 is 11.6 Å². The molecule has 0 unspecified atom stereocenters. The molecule has 1 aromatic carbocycles. The topological polar surface area (TPSA) is 3.88 Å². The van der Waals surface area contributed by atoms with Gasteiger partial charge in [-0.05, 0) is 23.3 Å². The van der Waals surface area contributed by atoms with Gasteiger partial charge in [0, 0.05) is 23.6 Å². The van der Waals surface area contributed by atoms with Crippen molar-refractivity contribution in [3.63, 3.8) is 0 Å². The summed E-state index contributed by atoms with van der Waals surface area (Å²) in [6.45, 7) is 3.25. The first-order valence-electron chi connectivity index (χ1n) is 5.54. The maximum absolute atomic E-state index is 5.86. The molecular weight excluding hydrogens is 218 g/mol. The van der Waals surface area contributed by atoms with Crippen LogP contribution < -0.4 is 4.57 Å². The van der Waals surface area contributed by atoms with Crippen LogP contribution in [0.5, 0.6) is 0 Å². The van der Waals surface area contributed by atoms with Gasteiger partial charge in [-0.15, -0.1) is 0 Å². The van der Waals surface area contributed by atoms with Gasteiger partial charge in [-0.3, -0.25) is 0 Å². The summed E-state index contributed by atoms with van der Waals surface area (Å²) in [5.74, 6) is 0. The fourth-order valence-electron chi connectivity index (χ4n) is 1.70. The minimum absolute atomic E-state index is 0.778. The maximum atomic E-state index is 5.86. The molecule has 0 aliphatic carbocycles. The Morgan fingerprint density at radius 2 is 1.50 bits per heavy atom. The van der Waals surface area contributed by atoms with E-state index in [0.717, 1.165) is 18.0 Å². The van der Waals surface area contributed by atoms with E-state index in [4.69, 9.17) is 11.6 Å². The first-order valence-corrected chi connectivity index (χ1v) is 5.92. The molecule has 1 heterocycles. The Kier molecular flexibility index (Phi) is 3.58. The van der Waals surface area contributed by atoms with Crippen molar-refractivity contribution in [2.45, 2.75) is 19.9 Å². The molecule has 82 valence electrons. The molecule has 0 atom stereocenters. The van der Waals surface area contributed by atoms with Gasteiger partial charge in [-0.2, -0.15) is 0 Å². The van der Waals surface area contributed by atoms with Gasteiger partial charge in [-0.1, -0.05) is 30.7 Å². The fraction of sp³-hybridized carbons (Fsp3) is 0.214. The lowest BCUT2D eigenvalue weighted by molar-refractivity contribution is -0.696. The molecule has 0 spiro atoms. The standard InChI is InChI=1S/C14H15ClN/c1-2-9-16-10-7-13(8-11-16)12-3-5-14(15)6-4-12/h3-8,10-11H,2,9H2,1H3/q+1. The van der Waals surface area contributed by atoms with Gasteiger partial charge < -0.3 is 0 Å². The predicted octanol–water partition coefficient (Wildman–Crippen LogP) is 3.70. The van der Waals surface area contributed by atoms with Gasteiger partial charge in [0.25, 0.3) is 0 Å². The molecule has 1 aromatic heterocycles. The normalized spacial score (nSPS) is 10.4. The zero-order valence-electron chi connectivity index (χ0n) is 9.36.